The van der Waals surface area contributed by atoms with Gasteiger partial charge in [0, 0.05) is 6.92 Å². The van der Waals surface area contributed by atoms with Gasteiger partial charge in [0.2, 0.25) is 0 Å². The Kier molecular flexibility index (Phi) is 10.3. The van der Waals surface area contributed by atoms with Gasteiger partial charge in [-0.15, -0.1) is 0 Å². The summed E-state index contributed by atoms with van der Waals surface area (Å²) in [5.41, 5.74) is 1.04. The van der Waals surface area contributed by atoms with E-state index >= 15 is 0 Å². The highest BCUT2D eigenvalue weighted by Gasteiger charge is 2.24. The molecule has 0 radical (unpaired) electrons. The second-order valence-corrected chi connectivity index (χ2v) is 7.22. The molecule has 0 aliphatic carbocycles. The minimum absolute atomic E-state index is 0.142. The molecule has 0 aliphatic heterocycles. The van der Waals surface area contributed by atoms with Gasteiger partial charge in [-0.05, 0) is 51.3 Å². The molecule has 0 amide bonds. The fourth-order valence-corrected chi connectivity index (χ4v) is 3.30. The largest absolute Gasteiger partial charge is 0.474 e. The molecule has 152 valence electrons. The number of hydrogen-bond donors (Lipinski definition) is 0. The summed E-state index contributed by atoms with van der Waals surface area (Å²) in [4.78, 5) is 23.4. The van der Waals surface area contributed by atoms with Crippen LogP contribution in [0, 0.1) is 6.92 Å². The lowest BCUT2D eigenvalue weighted by Gasteiger charge is -2.16. The van der Waals surface area contributed by atoms with Crippen LogP contribution in [-0.4, -0.2) is 38.4 Å². The summed E-state index contributed by atoms with van der Waals surface area (Å²) in [5, 5.41) is 0. The van der Waals surface area contributed by atoms with Gasteiger partial charge in [-0.25, -0.2) is 9.36 Å². The van der Waals surface area contributed by atoms with Gasteiger partial charge in [0.25, 0.3) is 0 Å². The van der Waals surface area contributed by atoms with E-state index in [1.54, 1.807) is 32.0 Å². The quantitative estimate of drug-likeness (QED) is 0.223. The van der Waals surface area contributed by atoms with Crippen LogP contribution in [0.3, 0.4) is 0 Å². The number of carbonyl (C=O) groups is 2. The van der Waals surface area contributed by atoms with Crippen LogP contribution >= 0.6 is 7.82 Å². The summed E-state index contributed by atoms with van der Waals surface area (Å²) in [6.45, 7) is 7.21. The van der Waals surface area contributed by atoms with Crippen LogP contribution in [0.25, 0.3) is 0 Å². The zero-order valence-electron chi connectivity index (χ0n) is 16.2. The van der Waals surface area contributed by atoms with E-state index in [1.165, 1.54) is 6.92 Å². The van der Waals surface area contributed by atoms with Crippen molar-refractivity contribution in [2.75, 3.05) is 26.4 Å². The van der Waals surface area contributed by atoms with Crippen molar-refractivity contribution in [3.63, 3.8) is 0 Å². The number of unbranched alkanes of at least 4 members (excludes halogenated alkanes) is 1. The van der Waals surface area contributed by atoms with Crippen molar-refractivity contribution in [3.05, 3.63) is 29.3 Å². The van der Waals surface area contributed by atoms with Crippen molar-refractivity contribution >= 4 is 19.8 Å². The number of benzene rings is 1. The first-order valence-corrected chi connectivity index (χ1v) is 10.3. The lowest BCUT2D eigenvalue weighted by Crippen LogP contribution is -2.11. The Morgan fingerprint density at radius 1 is 1.00 bits per heavy atom. The predicted octanol–water partition coefficient (Wildman–Crippen LogP) is 4.06. The summed E-state index contributed by atoms with van der Waals surface area (Å²) in [6, 6.07) is 4.89. The number of ether oxygens (including phenoxy) is 2. The average molecular weight is 402 g/mol. The second kappa shape index (κ2) is 11.9. The van der Waals surface area contributed by atoms with E-state index in [4.69, 9.17) is 23.0 Å². The molecule has 0 fully saturated rings. The smallest absolute Gasteiger partial charge is 0.462 e. The maximum Gasteiger partial charge on any atom is 0.474 e. The van der Waals surface area contributed by atoms with E-state index in [2.05, 4.69) is 0 Å². The summed E-state index contributed by atoms with van der Waals surface area (Å²) in [7, 11) is -3.52. The molecule has 0 spiro atoms. The number of rotatable bonds is 12. The maximum atomic E-state index is 12.2. The third-order valence-corrected chi connectivity index (χ3v) is 4.85. The molecule has 0 N–H and O–H groups in total. The van der Waals surface area contributed by atoms with E-state index < -0.39 is 19.8 Å². The number of aryl methyl sites for hydroxylation is 1. The number of esters is 2. The topological polar surface area (TPSA) is 97.4 Å². The summed E-state index contributed by atoms with van der Waals surface area (Å²) in [6.07, 6.45) is 1.00. The third-order valence-electron chi connectivity index (χ3n) is 3.21. The molecule has 1 rings (SSSR count). The summed E-state index contributed by atoms with van der Waals surface area (Å²) in [5.74, 6) is -0.925. The van der Waals surface area contributed by atoms with Gasteiger partial charge in [-0.3, -0.25) is 18.4 Å². The molecular weight excluding hydrogens is 375 g/mol. The van der Waals surface area contributed by atoms with Crippen molar-refractivity contribution in [1.82, 2.24) is 0 Å². The molecule has 0 saturated heterocycles. The van der Waals surface area contributed by atoms with Crippen LogP contribution in [0.15, 0.2) is 18.2 Å². The normalized spacial score (nSPS) is 11.3. The SMILES string of the molecule is CCOP(=O)(OCC)OCCCCOC(=O)c1ccc(C)cc1OC(C)=O. The first-order chi connectivity index (χ1) is 12.8. The zero-order chi connectivity index (χ0) is 20.3. The molecule has 27 heavy (non-hydrogen) atoms. The minimum Gasteiger partial charge on any atom is -0.462 e. The van der Waals surface area contributed by atoms with Gasteiger partial charge < -0.3 is 9.47 Å². The van der Waals surface area contributed by atoms with Crippen LogP contribution < -0.4 is 4.74 Å². The van der Waals surface area contributed by atoms with E-state index in [9.17, 15) is 14.2 Å². The standard InChI is InChI=1S/C18H27O8P/c1-5-23-27(21,24-6-2)25-12-8-7-11-22-18(20)16-10-9-14(3)13-17(16)26-15(4)19/h9-10,13H,5-8,11-12H2,1-4H3. The molecule has 0 saturated carbocycles. The Bertz CT molecular complexity index is 663. The Hall–Kier alpha value is -1.73. The van der Waals surface area contributed by atoms with Gasteiger partial charge in [0.1, 0.15) is 11.3 Å². The summed E-state index contributed by atoms with van der Waals surface area (Å²) >= 11 is 0. The average Bonchev–Trinajstić information content (AvgIpc) is 2.57. The van der Waals surface area contributed by atoms with E-state index in [1.807, 2.05) is 6.92 Å². The molecule has 9 heteroatoms. The highest BCUT2D eigenvalue weighted by molar-refractivity contribution is 7.48. The molecule has 0 aliphatic rings. The maximum absolute atomic E-state index is 12.2. The van der Waals surface area contributed by atoms with Crippen molar-refractivity contribution in [1.29, 1.82) is 0 Å². The third kappa shape index (κ3) is 8.67. The van der Waals surface area contributed by atoms with Crippen LogP contribution in [0.4, 0.5) is 0 Å². The fraction of sp³-hybridized carbons (Fsp3) is 0.556. The van der Waals surface area contributed by atoms with Gasteiger partial charge in [-0.1, -0.05) is 6.07 Å². The first kappa shape index (κ1) is 23.3. The number of phosphoric ester groups is 1. The minimum atomic E-state index is -3.52. The molecule has 8 nitrogen and oxygen atoms in total. The monoisotopic (exact) mass is 402 g/mol. The molecule has 0 aromatic heterocycles. The van der Waals surface area contributed by atoms with E-state index in [0.29, 0.717) is 12.8 Å². The first-order valence-electron chi connectivity index (χ1n) is 8.81. The van der Waals surface area contributed by atoms with Crippen LogP contribution in [0.5, 0.6) is 5.75 Å². The second-order valence-electron chi connectivity index (χ2n) is 5.55. The van der Waals surface area contributed by atoms with Gasteiger partial charge in [-0.2, -0.15) is 0 Å². The van der Waals surface area contributed by atoms with Gasteiger partial charge in [0.15, 0.2) is 0 Å². The summed E-state index contributed by atoms with van der Waals surface area (Å²) < 4.78 is 37.6. The predicted molar refractivity (Wildman–Crippen MR) is 98.8 cm³/mol. The molecule has 1 aromatic rings. The lowest BCUT2D eigenvalue weighted by molar-refractivity contribution is -0.131. The lowest BCUT2D eigenvalue weighted by atomic mass is 10.1. The zero-order valence-corrected chi connectivity index (χ0v) is 17.1. The number of carbonyl (C=O) groups excluding carboxylic acids is 2. The van der Waals surface area contributed by atoms with Crippen LogP contribution in [0.2, 0.25) is 0 Å². The Morgan fingerprint density at radius 3 is 2.22 bits per heavy atom. The highest BCUT2D eigenvalue weighted by Crippen LogP contribution is 2.49. The van der Waals surface area contributed by atoms with E-state index in [-0.39, 0.29) is 37.7 Å². The Labute approximate surface area is 159 Å². The van der Waals surface area contributed by atoms with Crippen molar-refractivity contribution in [2.24, 2.45) is 0 Å². The van der Waals surface area contributed by atoms with Gasteiger partial charge in [0.05, 0.1) is 26.4 Å². The molecular formula is C18H27O8P. The van der Waals surface area contributed by atoms with Crippen LogP contribution in [-0.2, 0) is 27.7 Å². The molecule has 0 unspecified atom stereocenters. The molecule has 0 atom stereocenters. The Balaban J connectivity index is 2.44. The fourth-order valence-electron chi connectivity index (χ4n) is 2.09. The molecule has 0 heterocycles. The molecule has 1 aromatic carbocycles. The van der Waals surface area contributed by atoms with Crippen LogP contribution in [0.1, 0.15) is 49.5 Å². The van der Waals surface area contributed by atoms with E-state index in [0.717, 1.165) is 5.56 Å². The highest BCUT2D eigenvalue weighted by atomic mass is 31.2. The van der Waals surface area contributed by atoms with Crippen molar-refractivity contribution < 1.29 is 37.2 Å². The number of phosphoric acid groups is 1. The number of hydrogen-bond acceptors (Lipinski definition) is 8. The van der Waals surface area contributed by atoms with Crippen molar-refractivity contribution in [2.45, 2.75) is 40.5 Å². The molecule has 0 bridgehead atoms. The van der Waals surface area contributed by atoms with Crippen molar-refractivity contribution in [3.8, 4) is 5.75 Å². The Morgan fingerprint density at radius 2 is 1.63 bits per heavy atom. The van der Waals surface area contributed by atoms with Gasteiger partial charge >= 0.3 is 19.8 Å².